The first-order valence-corrected chi connectivity index (χ1v) is 6.05. The minimum Gasteiger partial charge on any atom is -0.390 e. The van der Waals surface area contributed by atoms with Crippen LogP contribution in [0.3, 0.4) is 0 Å². The first-order chi connectivity index (χ1) is 6.74. The van der Waals surface area contributed by atoms with E-state index in [1.54, 1.807) is 0 Å². The Kier molecular flexibility index (Phi) is 3.13. The highest BCUT2D eigenvalue weighted by atomic mass is 16.5. The van der Waals surface area contributed by atoms with E-state index in [1.165, 1.54) is 19.3 Å². The maximum absolute atomic E-state index is 10.6. The summed E-state index contributed by atoms with van der Waals surface area (Å²) in [5, 5.41) is 10.6. The molecule has 2 nitrogen and oxygen atoms in total. The zero-order valence-corrected chi connectivity index (χ0v) is 9.17. The van der Waals surface area contributed by atoms with E-state index in [0.717, 1.165) is 38.4 Å². The topological polar surface area (TPSA) is 29.5 Å². The van der Waals surface area contributed by atoms with Crippen LogP contribution >= 0.6 is 0 Å². The van der Waals surface area contributed by atoms with E-state index in [-0.39, 0.29) is 0 Å². The van der Waals surface area contributed by atoms with Gasteiger partial charge in [0.2, 0.25) is 0 Å². The summed E-state index contributed by atoms with van der Waals surface area (Å²) in [7, 11) is 0. The number of hydrogen-bond acceptors (Lipinski definition) is 2. The third-order valence-corrected chi connectivity index (χ3v) is 4.13. The molecular weight excluding hydrogens is 176 g/mol. The van der Waals surface area contributed by atoms with E-state index < -0.39 is 5.60 Å². The maximum Gasteiger partial charge on any atom is 0.0701 e. The van der Waals surface area contributed by atoms with Crippen molar-refractivity contribution in [2.75, 3.05) is 13.2 Å². The lowest BCUT2D eigenvalue weighted by molar-refractivity contribution is -0.0667. The molecule has 0 aromatic carbocycles. The Morgan fingerprint density at radius 2 is 2.29 bits per heavy atom. The lowest BCUT2D eigenvalue weighted by Gasteiger charge is -2.40. The fraction of sp³-hybridized carbons (Fsp3) is 1.00. The van der Waals surface area contributed by atoms with E-state index in [0.29, 0.717) is 5.92 Å². The molecule has 1 heterocycles. The van der Waals surface area contributed by atoms with Crippen molar-refractivity contribution >= 4 is 0 Å². The van der Waals surface area contributed by atoms with Crippen molar-refractivity contribution in [3.8, 4) is 0 Å². The third kappa shape index (κ3) is 1.96. The molecule has 0 aromatic rings. The normalized spacial score (nSPS) is 44.1. The Balaban J connectivity index is 1.98. The van der Waals surface area contributed by atoms with Crippen molar-refractivity contribution in [2.45, 2.75) is 51.0 Å². The van der Waals surface area contributed by atoms with E-state index in [1.807, 2.05) is 0 Å². The van der Waals surface area contributed by atoms with Crippen LogP contribution in [0.15, 0.2) is 0 Å². The van der Waals surface area contributed by atoms with Crippen molar-refractivity contribution in [2.24, 2.45) is 11.8 Å². The molecule has 1 saturated heterocycles. The van der Waals surface area contributed by atoms with Gasteiger partial charge in [-0.25, -0.2) is 0 Å². The summed E-state index contributed by atoms with van der Waals surface area (Å²) in [4.78, 5) is 0. The molecule has 1 aliphatic heterocycles. The molecule has 1 saturated carbocycles. The van der Waals surface area contributed by atoms with Gasteiger partial charge in [-0.1, -0.05) is 26.2 Å². The second-order valence-electron chi connectivity index (χ2n) is 5.03. The standard InChI is InChI=1S/C12H22O2/c1-2-10-4-3-6-12(13,8-10)11-5-7-14-9-11/h10-11,13H,2-9H2,1H3. The van der Waals surface area contributed by atoms with E-state index in [2.05, 4.69) is 6.92 Å². The predicted octanol–water partition coefficient (Wildman–Crippen LogP) is 2.35. The lowest BCUT2D eigenvalue weighted by Crippen LogP contribution is -2.42. The Labute approximate surface area is 86.6 Å². The molecule has 0 amide bonds. The van der Waals surface area contributed by atoms with Gasteiger partial charge in [0.05, 0.1) is 12.2 Å². The molecule has 2 fully saturated rings. The van der Waals surface area contributed by atoms with Crippen molar-refractivity contribution in [1.29, 1.82) is 0 Å². The number of hydrogen-bond donors (Lipinski definition) is 1. The van der Waals surface area contributed by atoms with Crippen molar-refractivity contribution < 1.29 is 9.84 Å². The average molecular weight is 198 g/mol. The quantitative estimate of drug-likeness (QED) is 0.738. The SMILES string of the molecule is CCC1CCCC(O)(C2CCOC2)C1. The maximum atomic E-state index is 10.6. The van der Waals surface area contributed by atoms with Crippen LogP contribution < -0.4 is 0 Å². The van der Waals surface area contributed by atoms with Crippen LogP contribution in [-0.4, -0.2) is 23.9 Å². The zero-order chi connectivity index (χ0) is 10.0. The van der Waals surface area contributed by atoms with Crippen LogP contribution in [0, 0.1) is 11.8 Å². The molecule has 82 valence electrons. The summed E-state index contributed by atoms with van der Waals surface area (Å²) in [5.74, 6) is 1.16. The first kappa shape index (κ1) is 10.4. The second kappa shape index (κ2) is 4.19. The van der Waals surface area contributed by atoms with Gasteiger partial charge in [0, 0.05) is 12.5 Å². The summed E-state index contributed by atoms with van der Waals surface area (Å²) < 4.78 is 5.38. The van der Waals surface area contributed by atoms with E-state index in [4.69, 9.17) is 4.74 Å². The van der Waals surface area contributed by atoms with Gasteiger partial charge in [-0.05, 0) is 25.2 Å². The van der Waals surface area contributed by atoms with Gasteiger partial charge in [0.1, 0.15) is 0 Å². The summed E-state index contributed by atoms with van der Waals surface area (Å²) in [6, 6.07) is 0. The molecule has 3 atom stereocenters. The molecule has 2 rings (SSSR count). The highest BCUT2D eigenvalue weighted by molar-refractivity contribution is 4.93. The van der Waals surface area contributed by atoms with Gasteiger partial charge in [0.25, 0.3) is 0 Å². The smallest absolute Gasteiger partial charge is 0.0701 e. The van der Waals surface area contributed by atoms with Gasteiger partial charge < -0.3 is 9.84 Å². The van der Waals surface area contributed by atoms with Crippen molar-refractivity contribution in [3.63, 3.8) is 0 Å². The summed E-state index contributed by atoms with van der Waals surface area (Å²) in [5.41, 5.74) is -0.393. The molecular formula is C12H22O2. The zero-order valence-electron chi connectivity index (χ0n) is 9.17. The average Bonchev–Trinajstić information content (AvgIpc) is 2.71. The molecule has 0 bridgehead atoms. The van der Waals surface area contributed by atoms with E-state index >= 15 is 0 Å². The summed E-state index contributed by atoms with van der Waals surface area (Å²) >= 11 is 0. The fourth-order valence-electron chi connectivity index (χ4n) is 3.08. The predicted molar refractivity (Wildman–Crippen MR) is 56.1 cm³/mol. The number of aliphatic hydroxyl groups is 1. The number of ether oxygens (including phenoxy) is 1. The van der Waals surface area contributed by atoms with Gasteiger partial charge in [0.15, 0.2) is 0 Å². The van der Waals surface area contributed by atoms with E-state index in [9.17, 15) is 5.11 Å². The van der Waals surface area contributed by atoms with Crippen molar-refractivity contribution in [3.05, 3.63) is 0 Å². The van der Waals surface area contributed by atoms with Gasteiger partial charge in [-0.15, -0.1) is 0 Å². The van der Waals surface area contributed by atoms with Crippen LogP contribution in [0.5, 0.6) is 0 Å². The van der Waals surface area contributed by atoms with Gasteiger partial charge in [-0.2, -0.15) is 0 Å². The Hall–Kier alpha value is -0.0800. The molecule has 0 aromatic heterocycles. The first-order valence-electron chi connectivity index (χ1n) is 6.05. The Morgan fingerprint density at radius 3 is 2.93 bits per heavy atom. The molecule has 1 N–H and O–H groups in total. The fourth-order valence-corrected chi connectivity index (χ4v) is 3.08. The highest BCUT2D eigenvalue weighted by Crippen LogP contribution is 2.41. The molecule has 3 unspecified atom stereocenters. The highest BCUT2D eigenvalue weighted by Gasteiger charge is 2.41. The van der Waals surface area contributed by atoms with Crippen molar-refractivity contribution in [1.82, 2.24) is 0 Å². The van der Waals surface area contributed by atoms with Crippen LogP contribution in [-0.2, 0) is 4.74 Å². The van der Waals surface area contributed by atoms with Gasteiger partial charge >= 0.3 is 0 Å². The Bertz CT molecular complexity index is 187. The Morgan fingerprint density at radius 1 is 1.43 bits per heavy atom. The molecule has 14 heavy (non-hydrogen) atoms. The molecule has 2 aliphatic rings. The van der Waals surface area contributed by atoms with Gasteiger partial charge in [-0.3, -0.25) is 0 Å². The number of rotatable bonds is 2. The monoisotopic (exact) mass is 198 g/mol. The van der Waals surface area contributed by atoms with Crippen LogP contribution in [0.25, 0.3) is 0 Å². The minimum absolute atomic E-state index is 0.393. The lowest BCUT2D eigenvalue weighted by atomic mass is 9.70. The summed E-state index contributed by atoms with van der Waals surface area (Å²) in [6.45, 7) is 3.87. The second-order valence-corrected chi connectivity index (χ2v) is 5.03. The molecule has 2 heteroatoms. The van der Waals surface area contributed by atoms with Crippen LogP contribution in [0.1, 0.15) is 45.4 Å². The third-order valence-electron chi connectivity index (χ3n) is 4.13. The molecule has 0 spiro atoms. The van der Waals surface area contributed by atoms with Crippen LogP contribution in [0.4, 0.5) is 0 Å². The molecule has 0 radical (unpaired) electrons. The largest absolute Gasteiger partial charge is 0.390 e. The minimum atomic E-state index is -0.393. The summed E-state index contributed by atoms with van der Waals surface area (Å²) in [6.07, 6.45) is 6.80. The molecule has 1 aliphatic carbocycles. The van der Waals surface area contributed by atoms with Crippen LogP contribution in [0.2, 0.25) is 0 Å².